The Hall–Kier alpha value is -2.20. The molecule has 1 amide bonds. The molecule has 0 aliphatic carbocycles. The van der Waals surface area contributed by atoms with Gasteiger partial charge in [-0.25, -0.2) is 0 Å². The Kier molecular flexibility index (Phi) is 3.71. The number of phenols is 1. The molecule has 0 spiro atoms. The fourth-order valence-corrected chi connectivity index (χ4v) is 2.74. The number of carbonyl (C=O) groups excluding carboxylic acids is 1. The van der Waals surface area contributed by atoms with Gasteiger partial charge < -0.3 is 15.7 Å². The largest absolute Gasteiger partial charge is 0.506 e. The van der Waals surface area contributed by atoms with Crippen molar-refractivity contribution in [3.05, 3.63) is 53.1 Å². The quantitative estimate of drug-likeness (QED) is 0.759. The van der Waals surface area contributed by atoms with Crippen LogP contribution in [0, 0.1) is 0 Å². The molecule has 0 radical (unpaired) electrons. The Morgan fingerprint density at radius 2 is 2.14 bits per heavy atom. The second-order valence-electron chi connectivity index (χ2n) is 5.08. The maximum atomic E-state index is 12.1. The van der Waals surface area contributed by atoms with Gasteiger partial charge in [0.25, 0.3) is 0 Å². The number of carbonyl (C=O) groups is 1. The van der Waals surface area contributed by atoms with Gasteiger partial charge in [-0.3, -0.25) is 4.79 Å². The van der Waals surface area contributed by atoms with Crippen molar-refractivity contribution in [1.82, 2.24) is 0 Å². The minimum absolute atomic E-state index is 0.00332. The maximum Gasteiger partial charge on any atom is 0.225 e. The predicted molar refractivity (Wildman–Crippen MR) is 84.0 cm³/mol. The zero-order valence-electron chi connectivity index (χ0n) is 11.3. The summed E-state index contributed by atoms with van der Waals surface area (Å²) < 4.78 is 0. The van der Waals surface area contributed by atoms with Crippen LogP contribution in [0.3, 0.4) is 0 Å². The molecule has 4 nitrogen and oxygen atoms in total. The van der Waals surface area contributed by atoms with Crippen LogP contribution in [-0.4, -0.2) is 17.6 Å². The molecule has 2 aromatic carbocycles. The van der Waals surface area contributed by atoms with Crippen molar-refractivity contribution in [2.24, 2.45) is 0 Å². The Bertz CT molecular complexity index is 688. The highest BCUT2D eigenvalue weighted by molar-refractivity contribution is 6.32. The summed E-state index contributed by atoms with van der Waals surface area (Å²) in [5.41, 5.74) is 2.86. The lowest BCUT2D eigenvalue weighted by molar-refractivity contribution is -0.116. The lowest BCUT2D eigenvalue weighted by Crippen LogP contribution is -2.16. The average molecular weight is 303 g/mol. The number of para-hydroxylation sites is 1. The highest BCUT2D eigenvalue weighted by Gasteiger charge is 2.23. The van der Waals surface area contributed by atoms with Gasteiger partial charge >= 0.3 is 0 Å². The number of rotatable bonds is 3. The molecular formula is C16H15ClN2O2. The molecule has 1 aliphatic rings. The Morgan fingerprint density at radius 1 is 1.33 bits per heavy atom. The number of hydrogen-bond acceptors (Lipinski definition) is 3. The molecule has 21 heavy (non-hydrogen) atoms. The molecular weight excluding hydrogens is 288 g/mol. The summed E-state index contributed by atoms with van der Waals surface area (Å²) in [6.07, 6.45) is 0.405. The summed E-state index contributed by atoms with van der Waals surface area (Å²) in [6.45, 7) is 0.767. The first-order valence-corrected chi connectivity index (χ1v) is 7.12. The highest BCUT2D eigenvalue weighted by Crippen LogP contribution is 2.33. The van der Waals surface area contributed by atoms with Gasteiger partial charge in [0.2, 0.25) is 5.91 Å². The number of aromatic hydroxyl groups is 1. The third-order valence-electron chi connectivity index (χ3n) is 3.60. The number of fused-ring (bicyclic) bond motifs is 1. The van der Waals surface area contributed by atoms with Crippen molar-refractivity contribution in [1.29, 1.82) is 0 Å². The summed E-state index contributed by atoms with van der Waals surface area (Å²) in [7, 11) is 0. The van der Waals surface area contributed by atoms with Crippen LogP contribution < -0.4 is 10.6 Å². The maximum absolute atomic E-state index is 12.1. The Labute approximate surface area is 127 Å². The molecule has 0 saturated heterocycles. The van der Waals surface area contributed by atoms with E-state index in [2.05, 4.69) is 10.6 Å². The monoisotopic (exact) mass is 302 g/mol. The van der Waals surface area contributed by atoms with E-state index in [-0.39, 0.29) is 22.6 Å². The van der Waals surface area contributed by atoms with E-state index in [4.69, 9.17) is 11.6 Å². The molecule has 1 unspecified atom stereocenters. The molecule has 0 aromatic heterocycles. The van der Waals surface area contributed by atoms with E-state index in [0.29, 0.717) is 12.1 Å². The summed E-state index contributed by atoms with van der Waals surface area (Å²) >= 11 is 5.82. The third-order valence-corrected chi connectivity index (χ3v) is 3.91. The second kappa shape index (κ2) is 5.66. The zero-order chi connectivity index (χ0) is 14.8. The van der Waals surface area contributed by atoms with Crippen LogP contribution >= 0.6 is 11.6 Å². The fraction of sp³-hybridized carbons (Fsp3) is 0.188. The predicted octanol–water partition coefficient (Wildman–Crippen LogP) is 3.58. The van der Waals surface area contributed by atoms with E-state index in [0.717, 1.165) is 12.2 Å². The van der Waals surface area contributed by atoms with Crippen LogP contribution in [-0.2, 0) is 4.79 Å². The van der Waals surface area contributed by atoms with Gasteiger partial charge in [0, 0.05) is 30.3 Å². The SMILES string of the molecule is O=C(CC1CNc2ccccc21)Nc1ccc(O)c(Cl)c1. The molecule has 1 atom stereocenters. The van der Waals surface area contributed by atoms with Crippen molar-refractivity contribution in [3.63, 3.8) is 0 Å². The smallest absolute Gasteiger partial charge is 0.225 e. The van der Waals surface area contributed by atoms with Gasteiger partial charge in [0.15, 0.2) is 0 Å². The number of anilines is 2. The van der Waals surface area contributed by atoms with Crippen molar-refractivity contribution >= 4 is 28.9 Å². The van der Waals surface area contributed by atoms with Gasteiger partial charge in [-0.05, 0) is 29.8 Å². The van der Waals surface area contributed by atoms with Gasteiger partial charge in [0.05, 0.1) is 5.02 Å². The number of benzene rings is 2. The van der Waals surface area contributed by atoms with Crippen LogP contribution in [0.2, 0.25) is 5.02 Å². The first kappa shape index (κ1) is 13.8. The van der Waals surface area contributed by atoms with Crippen LogP contribution in [0.5, 0.6) is 5.75 Å². The highest BCUT2D eigenvalue weighted by atomic mass is 35.5. The number of nitrogens with one attached hydrogen (secondary N) is 2. The molecule has 108 valence electrons. The van der Waals surface area contributed by atoms with Crippen molar-refractivity contribution < 1.29 is 9.90 Å². The van der Waals surface area contributed by atoms with E-state index < -0.39 is 0 Å². The normalized spacial score (nSPS) is 16.1. The minimum Gasteiger partial charge on any atom is -0.506 e. The molecule has 0 saturated carbocycles. The Morgan fingerprint density at radius 3 is 2.95 bits per heavy atom. The lowest BCUT2D eigenvalue weighted by Gasteiger charge is -2.11. The van der Waals surface area contributed by atoms with Crippen molar-refractivity contribution in [3.8, 4) is 5.75 Å². The van der Waals surface area contributed by atoms with E-state index in [1.165, 1.54) is 17.7 Å². The third kappa shape index (κ3) is 2.95. The average Bonchev–Trinajstić information content (AvgIpc) is 2.86. The molecule has 1 heterocycles. The first-order valence-electron chi connectivity index (χ1n) is 6.74. The summed E-state index contributed by atoms with van der Waals surface area (Å²) in [6, 6.07) is 12.7. The summed E-state index contributed by atoms with van der Waals surface area (Å²) in [5.74, 6) is 0.109. The van der Waals surface area contributed by atoms with Gasteiger partial charge in [-0.1, -0.05) is 29.8 Å². The Balaban J connectivity index is 1.66. The molecule has 1 aliphatic heterocycles. The minimum atomic E-state index is -0.0692. The van der Waals surface area contributed by atoms with Crippen LogP contribution in [0.4, 0.5) is 11.4 Å². The number of hydrogen-bond donors (Lipinski definition) is 3. The van der Waals surface area contributed by atoms with E-state index in [1.807, 2.05) is 24.3 Å². The number of amides is 1. The van der Waals surface area contributed by atoms with Gasteiger partial charge in [0.1, 0.15) is 5.75 Å². The molecule has 0 bridgehead atoms. The van der Waals surface area contributed by atoms with Gasteiger partial charge in [-0.15, -0.1) is 0 Å². The van der Waals surface area contributed by atoms with E-state index >= 15 is 0 Å². The fourth-order valence-electron chi connectivity index (χ4n) is 2.56. The molecule has 0 fully saturated rings. The molecule has 3 N–H and O–H groups in total. The standard InChI is InChI=1S/C16H15ClN2O2/c17-13-8-11(5-6-15(13)20)19-16(21)7-10-9-18-14-4-2-1-3-12(10)14/h1-6,8,10,18,20H,7,9H2,(H,19,21). The topological polar surface area (TPSA) is 61.4 Å². The molecule has 5 heteroatoms. The van der Waals surface area contributed by atoms with Crippen LogP contribution in [0.1, 0.15) is 17.9 Å². The number of phenolic OH excluding ortho intramolecular Hbond substituents is 1. The lowest BCUT2D eigenvalue weighted by atomic mass is 9.97. The van der Waals surface area contributed by atoms with Crippen molar-refractivity contribution in [2.75, 3.05) is 17.2 Å². The van der Waals surface area contributed by atoms with Gasteiger partial charge in [-0.2, -0.15) is 0 Å². The second-order valence-corrected chi connectivity index (χ2v) is 5.49. The summed E-state index contributed by atoms with van der Waals surface area (Å²) in [5, 5.41) is 15.7. The zero-order valence-corrected chi connectivity index (χ0v) is 12.0. The van der Waals surface area contributed by atoms with E-state index in [9.17, 15) is 9.90 Å². The molecule has 2 aromatic rings. The van der Waals surface area contributed by atoms with Crippen LogP contribution in [0.15, 0.2) is 42.5 Å². The molecule has 3 rings (SSSR count). The number of halogens is 1. The first-order chi connectivity index (χ1) is 10.1. The van der Waals surface area contributed by atoms with Crippen LogP contribution in [0.25, 0.3) is 0 Å². The summed E-state index contributed by atoms with van der Waals surface area (Å²) in [4.78, 5) is 12.1. The van der Waals surface area contributed by atoms with Crippen molar-refractivity contribution in [2.45, 2.75) is 12.3 Å². The van der Waals surface area contributed by atoms with E-state index in [1.54, 1.807) is 6.07 Å².